The number of hydrogen-bond acceptors (Lipinski definition) is 5. The molecule has 0 unspecified atom stereocenters. The first-order valence-electron chi connectivity index (χ1n) is 9.31. The van der Waals surface area contributed by atoms with Gasteiger partial charge in [-0.25, -0.2) is 0 Å². The Morgan fingerprint density at radius 3 is 2.40 bits per heavy atom. The van der Waals surface area contributed by atoms with E-state index in [1.54, 1.807) is 0 Å². The van der Waals surface area contributed by atoms with Crippen LogP contribution >= 0.6 is 0 Å². The fraction of sp³-hybridized carbons (Fsp3) is 0.800. The normalized spacial score (nSPS) is 54.2. The number of aliphatic hydroxyl groups excluding tert-OH is 3. The summed E-state index contributed by atoms with van der Waals surface area (Å²) in [5.41, 5.74) is -2.11. The first-order chi connectivity index (χ1) is 11.5. The van der Waals surface area contributed by atoms with Crippen molar-refractivity contribution < 1.29 is 24.9 Å². The van der Waals surface area contributed by atoms with Gasteiger partial charge in [-0.1, -0.05) is 27.4 Å². The molecule has 0 radical (unpaired) electrons. The monoisotopic (exact) mass is 348 g/mol. The van der Waals surface area contributed by atoms with E-state index in [2.05, 4.69) is 6.58 Å². The molecule has 0 aromatic heterocycles. The fourth-order valence-electron chi connectivity index (χ4n) is 7.25. The van der Waals surface area contributed by atoms with Gasteiger partial charge in [0, 0.05) is 17.3 Å². The van der Waals surface area contributed by atoms with E-state index < -0.39 is 46.4 Å². The van der Waals surface area contributed by atoms with Gasteiger partial charge in [-0.05, 0) is 42.6 Å². The number of carbonyl (C=O) groups excluding carboxylic acids is 2. The van der Waals surface area contributed by atoms with Crippen molar-refractivity contribution in [2.24, 2.45) is 34.0 Å². The number of hydrogen-bond donors (Lipinski definition) is 3. The number of aliphatic hydroxyl groups is 3. The highest BCUT2D eigenvalue weighted by molar-refractivity contribution is 6.08. The Morgan fingerprint density at radius 2 is 1.76 bits per heavy atom. The van der Waals surface area contributed by atoms with Gasteiger partial charge in [0.05, 0.1) is 17.6 Å². The largest absolute Gasteiger partial charge is 0.393 e. The van der Waals surface area contributed by atoms with E-state index in [0.29, 0.717) is 31.3 Å². The van der Waals surface area contributed by atoms with Crippen LogP contribution in [-0.4, -0.2) is 45.2 Å². The van der Waals surface area contributed by atoms with Gasteiger partial charge in [0.15, 0.2) is 11.6 Å². The lowest BCUT2D eigenvalue weighted by atomic mass is 9.39. The van der Waals surface area contributed by atoms with Crippen molar-refractivity contribution in [3.8, 4) is 0 Å². The van der Waals surface area contributed by atoms with Gasteiger partial charge in [-0.3, -0.25) is 9.59 Å². The average molecular weight is 348 g/mol. The molecule has 4 fully saturated rings. The Hall–Kier alpha value is -1.04. The summed E-state index contributed by atoms with van der Waals surface area (Å²) in [5.74, 6) is -1.79. The summed E-state index contributed by atoms with van der Waals surface area (Å²) in [6.45, 7) is 9.59. The number of allylic oxidation sites excluding steroid dienone is 1. The number of ketones is 2. The van der Waals surface area contributed by atoms with Crippen LogP contribution in [0.2, 0.25) is 0 Å². The molecule has 0 aliphatic heterocycles. The first-order valence-corrected chi connectivity index (χ1v) is 9.31. The molecule has 4 aliphatic rings. The molecule has 0 aromatic rings. The molecule has 8 atom stereocenters. The van der Waals surface area contributed by atoms with Crippen LogP contribution in [0.25, 0.3) is 0 Å². The lowest BCUT2D eigenvalue weighted by molar-refractivity contribution is -0.227. The summed E-state index contributed by atoms with van der Waals surface area (Å²) in [4.78, 5) is 26.4. The highest BCUT2D eigenvalue weighted by Gasteiger charge is 2.75. The van der Waals surface area contributed by atoms with Gasteiger partial charge in [0.1, 0.15) is 6.10 Å². The number of rotatable bonds is 0. The van der Waals surface area contributed by atoms with Gasteiger partial charge in [0.25, 0.3) is 0 Å². The molecule has 3 N–H and O–H groups in total. The van der Waals surface area contributed by atoms with Gasteiger partial charge in [-0.15, -0.1) is 0 Å². The molecule has 4 saturated carbocycles. The summed E-state index contributed by atoms with van der Waals surface area (Å²) < 4.78 is 0. The van der Waals surface area contributed by atoms with Crippen LogP contribution in [0.1, 0.15) is 46.5 Å². The van der Waals surface area contributed by atoms with Crippen LogP contribution in [0.15, 0.2) is 12.2 Å². The van der Waals surface area contributed by atoms with Crippen molar-refractivity contribution >= 4 is 11.6 Å². The zero-order valence-electron chi connectivity index (χ0n) is 15.2. The van der Waals surface area contributed by atoms with Gasteiger partial charge >= 0.3 is 0 Å². The van der Waals surface area contributed by atoms with E-state index in [1.165, 1.54) is 0 Å². The van der Waals surface area contributed by atoms with E-state index in [4.69, 9.17) is 0 Å². The lowest BCUT2D eigenvalue weighted by Gasteiger charge is -2.64. The standard InChI is InChI=1S/C20H28O5/c1-9-10-7-11(21)14-19(4)6-5-12(22)18(2,3)15(19)13(23)17(25)20(14,8-10)16(9)24/h10-12,14-15,17,21-22,25H,1,5-8H2,2-4H3/t10-,11+,12+,14+,15-,17+,19+,20+/m1/s1. The number of fused-ring (bicyclic) bond motifs is 3. The van der Waals surface area contributed by atoms with Crippen molar-refractivity contribution in [3.05, 3.63) is 12.2 Å². The van der Waals surface area contributed by atoms with Crippen LogP contribution < -0.4 is 0 Å². The third-order valence-electron chi connectivity index (χ3n) is 8.23. The minimum atomic E-state index is -1.43. The molecule has 138 valence electrons. The summed E-state index contributed by atoms with van der Waals surface area (Å²) in [7, 11) is 0. The molecule has 4 rings (SSSR count). The minimum Gasteiger partial charge on any atom is -0.393 e. The average Bonchev–Trinajstić information content (AvgIpc) is 2.72. The minimum absolute atomic E-state index is 0.149. The molecular weight excluding hydrogens is 320 g/mol. The molecule has 0 heterocycles. The second-order valence-corrected chi connectivity index (χ2v) is 9.70. The summed E-state index contributed by atoms with van der Waals surface area (Å²) in [6, 6.07) is 0. The molecule has 5 heteroatoms. The maximum absolute atomic E-state index is 13.3. The maximum Gasteiger partial charge on any atom is 0.168 e. The van der Waals surface area contributed by atoms with Gasteiger partial charge < -0.3 is 15.3 Å². The SMILES string of the molecule is C=C1C(=O)[C@]23C[C@H]1C[C@H](O)[C@H]2[C@]1(C)CC[C@H](O)C(C)(C)[C@H]1C(=O)[C@@H]3O. The Kier molecular flexibility index (Phi) is 3.35. The fourth-order valence-corrected chi connectivity index (χ4v) is 7.25. The molecule has 5 nitrogen and oxygen atoms in total. The Balaban J connectivity index is 1.94. The van der Waals surface area contributed by atoms with Gasteiger partial charge in [-0.2, -0.15) is 0 Å². The van der Waals surface area contributed by atoms with Crippen molar-refractivity contribution in [1.82, 2.24) is 0 Å². The third-order valence-corrected chi connectivity index (χ3v) is 8.23. The summed E-state index contributed by atoms with van der Waals surface area (Å²) >= 11 is 0. The quantitative estimate of drug-likeness (QED) is 0.573. The topological polar surface area (TPSA) is 94.8 Å². The zero-order valence-corrected chi connectivity index (χ0v) is 15.2. The highest BCUT2D eigenvalue weighted by atomic mass is 16.3. The summed E-state index contributed by atoms with van der Waals surface area (Å²) in [6.07, 6.45) is -0.852. The van der Waals surface area contributed by atoms with Crippen LogP contribution in [0.3, 0.4) is 0 Å². The van der Waals surface area contributed by atoms with E-state index in [0.717, 1.165) is 0 Å². The van der Waals surface area contributed by atoms with Crippen LogP contribution in [0.4, 0.5) is 0 Å². The van der Waals surface area contributed by atoms with Gasteiger partial charge in [0.2, 0.25) is 0 Å². The Labute approximate surface area is 148 Å². The second-order valence-electron chi connectivity index (χ2n) is 9.70. The molecule has 2 bridgehead atoms. The molecule has 0 aromatic carbocycles. The molecule has 0 saturated heterocycles. The Bertz CT molecular complexity index is 682. The first kappa shape index (κ1) is 17.4. The predicted octanol–water partition coefficient (Wildman–Crippen LogP) is 1.25. The van der Waals surface area contributed by atoms with E-state index >= 15 is 0 Å². The molecule has 4 aliphatic carbocycles. The smallest absolute Gasteiger partial charge is 0.168 e. The van der Waals surface area contributed by atoms with Crippen LogP contribution in [0.5, 0.6) is 0 Å². The van der Waals surface area contributed by atoms with Crippen molar-refractivity contribution in [3.63, 3.8) is 0 Å². The van der Waals surface area contributed by atoms with Crippen molar-refractivity contribution in [1.29, 1.82) is 0 Å². The van der Waals surface area contributed by atoms with Crippen molar-refractivity contribution in [2.45, 2.75) is 64.8 Å². The summed E-state index contributed by atoms with van der Waals surface area (Å²) in [5, 5.41) is 32.5. The maximum atomic E-state index is 13.3. The Morgan fingerprint density at radius 1 is 1.12 bits per heavy atom. The van der Waals surface area contributed by atoms with E-state index in [-0.39, 0.29) is 17.5 Å². The number of carbonyl (C=O) groups is 2. The molecular formula is C20H28O5. The van der Waals surface area contributed by atoms with Crippen molar-refractivity contribution in [2.75, 3.05) is 0 Å². The highest BCUT2D eigenvalue weighted by Crippen LogP contribution is 2.70. The van der Waals surface area contributed by atoms with Crippen LogP contribution in [0, 0.1) is 34.0 Å². The third kappa shape index (κ3) is 1.75. The van der Waals surface area contributed by atoms with Crippen LogP contribution in [-0.2, 0) is 9.59 Å². The molecule has 0 amide bonds. The number of Topliss-reactive ketones (excluding diaryl/α,β-unsaturated/α-hetero) is 2. The predicted molar refractivity (Wildman–Crippen MR) is 90.4 cm³/mol. The molecule has 1 spiro atoms. The zero-order chi connectivity index (χ0) is 18.5. The molecule has 25 heavy (non-hydrogen) atoms. The van der Waals surface area contributed by atoms with E-state index in [9.17, 15) is 24.9 Å². The second kappa shape index (κ2) is 4.81. The lowest BCUT2D eigenvalue weighted by Crippen LogP contribution is -2.71. The van der Waals surface area contributed by atoms with E-state index in [1.807, 2.05) is 20.8 Å².